The van der Waals surface area contributed by atoms with Crippen LogP contribution in [0.3, 0.4) is 0 Å². The number of nitro groups is 1. The number of nitro benzene ring substituents is 1. The molecule has 0 spiro atoms. The summed E-state index contributed by atoms with van der Waals surface area (Å²) in [4.78, 5) is 9.45. The third kappa shape index (κ3) is 2.30. The fourth-order valence-corrected chi connectivity index (χ4v) is 1.34. The third-order valence-corrected chi connectivity index (χ3v) is 2.18. The van der Waals surface area contributed by atoms with Gasteiger partial charge in [0, 0.05) is 12.6 Å². The lowest BCUT2D eigenvalue weighted by Gasteiger charge is -2.10. The number of hydrogen-bond acceptors (Lipinski definition) is 3. The van der Waals surface area contributed by atoms with Crippen LogP contribution in [0.5, 0.6) is 0 Å². The Balaban J connectivity index is 3.49. The maximum absolute atomic E-state index is 12.5. The van der Waals surface area contributed by atoms with Gasteiger partial charge >= 0.3 is 6.18 Å². The second-order valence-corrected chi connectivity index (χ2v) is 3.25. The maximum Gasteiger partial charge on any atom is 0.423 e. The molecule has 16 heavy (non-hydrogen) atoms. The molecule has 7 heteroatoms. The molecule has 88 valence electrons. The standard InChI is InChI=1S/C9H9F3N2O2/c1-5-2-8(14(15)16)7(9(10,11)12)3-6(5)4-13/h2-3H,4,13H2,1H3. The monoisotopic (exact) mass is 234 g/mol. The summed E-state index contributed by atoms with van der Waals surface area (Å²) in [6.07, 6.45) is -4.75. The highest BCUT2D eigenvalue weighted by Gasteiger charge is 2.38. The summed E-state index contributed by atoms with van der Waals surface area (Å²) in [5, 5.41) is 10.5. The van der Waals surface area contributed by atoms with Gasteiger partial charge in [0.05, 0.1) is 4.92 Å². The zero-order valence-electron chi connectivity index (χ0n) is 8.34. The van der Waals surface area contributed by atoms with Crippen LogP contribution in [0.2, 0.25) is 0 Å². The van der Waals surface area contributed by atoms with E-state index in [1.54, 1.807) is 0 Å². The molecule has 0 aliphatic carbocycles. The Morgan fingerprint density at radius 3 is 2.38 bits per heavy atom. The van der Waals surface area contributed by atoms with Crippen LogP contribution in [-0.4, -0.2) is 4.92 Å². The predicted molar refractivity (Wildman–Crippen MR) is 50.7 cm³/mol. The van der Waals surface area contributed by atoms with Gasteiger partial charge in [0.1, 0.15) is 5.56 Å². The molecule has 0 bridgehead atoms. The van der Waals surface area contributed by atoms with E-state index in [-0.39, 0.29) is 12.1 Å². The molecule has 0 amide bonds. The van der Waals surface area contributed by atoms with Gasteiger partial charge in [0.25, 0.3) is 5.69 Å². The normalized spacial score (nSPS) is 11.6. The van der Waals surface area contributed by atoms with E-state index < -0.39 is 22.4 Å². The Bertz CT molecular complexity index is 429. The largest absolute Gasteiger partial charge is 0.423 e. The van der Waals surface area contributed by atoms with E-state index in [0.717, 1.165) is 12.1 Å². The van der Waals surface area contributed by atoms with Crippen LogP contribution in [0.25, 0.3) is 0 Å². The molecule has 0 saturated carbocycles. The van der Waals surface area contributed by atoms with E-state index >= 15 is 0 Å². The smallest absolute Gasteiger partial charge is 0.326 e. The van der Waals surface area contributed by atoms with Gasteiger partial charge < -0.3 is 5.73 Å². The quantitative estimate of drug-likeness (QED) is 0.630. The van der Waals surface area contributed by atoms with Crippen molar-refractivity contribution in [1.29, 1.82) is 0 Å². The van der Waals surface area contributed by atoms with Gasteiger partial charge in [0.2, 0.25) is 0 Å². The first-order valence-electron chi connectivity index (χ1n) is 4.32. The Morgan fingerprint density at radius 1 is 1.44 bits per heavy atom. The average molecular weight is 234 g/mol. The molecule has 1 aromatic carbocycles. The average Bonchev–Trinajstić information content (AvgIpc) is 2.15. The summed E-state index contributed by atoms with van der Waals surface area (Å²) in [7, 11) is 0. The number of hydrogen-bond donors (Lipinski definition) is 1. The van der Waals surface area contributed by atoms with E-state index in [4.69, 9.17) is 5.73 Å². The molecule has 1 aromatic rings. The van der Waals surface area contributed by atoms with Gasteiger partial charge in [-0.25, -0.2) is 0 Å². The first kappa shape index (κ1) is 12.4. The Hall–Kier alpha value is -1.63. The van der Waals surface area contributed by atoms with Gasteiger partial charge in [-0.3, -0.25) is 10.1 Å². The minimum Gasteiger partial charge on any atom is -0.326 e. The highest BCUT2D eigenvalue weighted by molar-refractivity contribution is 5.48. The fraction of sp³-hybridized carbons (Fsp3) is 0.333. The van der Waals surface area contributed by atoms with Crippen molar-refractivity contribution in [2.24, 2.45) is 5.73 Å². The molecule has 0 aromatic heterocycles. The van der Waals surface area contributed by atoms with Crippen LogP contribution in [0, 0.1) is 17.0 Å². The number of rotatable bonds is 2. The van der Waals surface area contributed by atoms with Gasteiger partial charge in [-0.05, 0) is 24.1 Å². The van der Waals surface area contributed by atoms with Crippen LogP contribution in [-0.2, 0) is 12.7 Å². The summed E-state index contributed by atoms with van der Waals surface area (Å²) in [6.45, 7) is 1.39. The van der Waals surface area contributed by atoms with Crippen LogP contribution < -0.4 is 5.73 Å². The van der Waals surface area contributed by atoms with Crippen LogP contribution in [0.1, 0.15) is 16.7 Å². The molecular formula is C9H9F3N2O2. The summed E-state index contributed by atoms with van der Waals surface area (Å²) in [5.41, 5.74) is 3.67. The zero-order chi connectivity index (χ0) is 12.5. The molecule has 0 aliphatic heterocycles. The van der Waals surface area contributed by atoms with Gasteiger partial charge in [0.15, 0.2) is 0 Å². The van der Waals surface area contributed by atoms with Crippen molar-refractivity contribution in [2.45, 2.75) is 19.6 Å². The van der Waals surface area contributed by atoms with Crippen LogP contribution in [0.15, 0.2) is 12.1 Å². The molecule has 0 heterocycles. The van der Waals surface area contributed by atoms with Crippen molar-refractivity contribution in [3.8, 4) is 0 Å². The lowest BCUT2D eigenvalue weighted by Crippen LogP contribution is -2.11. The summed E-state index contributed by atoms with van der Waals surface area (Å²) in [6, 6.07) is 1.62. The Labute approximate surface area is 89.0 Å². The lowest BCUT2D eigenvalue weighted by atomic mass is 10.0. The Kier molecular flexibility index (Phi) is 3.18. The number of alkyl halides is 3. The van der Waals surface area contributed by atoms with E-state index in [1.807, 2.05) is 0 Å². The van der Waals surface area contributed by atoms with E-state index in [1.165, 1.54) is 6.92 Å². The van der Waals surface area contributed by atoms with Crippen molar-refractivity contribution < 1.29 is 18.1 Å². The minimum absolute atomic E-state index is 0.0904. The molecule has 2 N–H and O–H groups in total. The topological polar surface area (TPSA) is 69.2 Å². The molecule has 0 saturated heterocycles. The fourth-order valence-electron chi connectivity index (χ4n) is 1.34. The predicted octanol–water partition coefficient (Wildman–Crippen LogP) is 2.38. The molecule has 0 aliphatic rings. The van der Waals surface area contributed by atoms with Crippen molar-refractivity contribution in [3.63, 3.8) is 0 Å². The van der Waals surface area contributed by atoms with Gasteiger partial charge in [-0.1, -0.05) is 0 Å². The SMILES string of the molecule is Cc1cc([N+](=O)[O-])c(C(F)(F)F)cc1CN. The second kappa shape index (κ2) is 4.09. The molecule has 0 radical (unpaired) electrons. The number of aryl methyl sites for hydroxylation is 1. The molecule has 4 nitrogen and oxygen atoms in total. The molecular weight excluding hydrogens is 225 g/mol. The maximum atomic E-state index is 12.5. The lowest BCUT2D eigenvalue weighted by molar-refractivity contribution is -0.388. The second-order valence-electron chi connectivity index (χ2n) is 3.25. The van der Waals surface area contributed by atoms with E-state index in [9.17, 15) is 23.3 Å². The molecule has 1 rings (SSSR count). The Morgan fingerprint density at radius 2 is 2.00 bits per heavy atom. The third-order valence-electron chi connectivity index (χ3n) is 2.18. The molecule has 0 atom stereocenters. The molecule has 0 fully saturated rings. The number of nitrogens with two attached hydrogens (primary N) is 1. The number of halogens is 3. The van der Waals surface area contributed by atoms with Crippen molar-refractivity contribution in [3.05, 3.63) is 38.9 Å². The van der Waals surface area contributed by atoms with Gasteiger partial charge in [-0.2, -0.15) is 13.2 Å². The highest BCUT2D eigenvalue weighted by Crippen LogP contribution is 2.37. The summed E-state index contributed by atoms with van der Waals surface area (Å²) >= 11 is 0. The first-order chi connectivity index (χ1) is 7.27. The van der Waals surface area contributed by atoms with Crippen molar-refractivity contribution in [2.75, 3.05) is 0 Å². The van der Waals surface area contributed by atoms with Crippen molar-refractivity contribution >= 4 is 5.69 Å². The van der Waals surface area contributed by atoms with Crippen LogP contribution >= 0.6 is 0 Å². The molecule has 0 unspecified atom stereocenters. The zero-order valence-corrected chi connectivity index (χ0v) is 8.34. The highest BCUT2D eigenvalue weighted by atomic mass is 19.4. The summed E-state index contributed by atoms with van der Waals surface area (Å²) < 4.78 is 37.5. The van der Waals surface area contributed by atoms with Crippen LogP contribution in [0.4, 0.5) is 18.9 Å². The summed E-state index contributed by atoms with van der Waals surface area (Å²) in [5.74, 6) is 0. The van der Waals surface area contributed by atoms with E-state index in [0.29, 0.717) is 5.56 Å². The minimum atomic E-state index is -4.75. The number of nitrogens with zero attached hydrogens (tertiary/aromatic N) is 1. The number of benzene rings is 1. The first-order valence-corrected chi connectivity index (χ1v) is 4.32. The van der Waals surface area contributed by atoms with E-state index in [2.05, 4.69) is 0 Å². The van der Waals surface area contributed by atoms with Crippen molar-refractivity contribution in [1.82, 2.24) is 0 Å². The van der Waals surface area contributed by atoms with Gasteiger partial charge in [-0.15, -0.1) is 0 Å².